The molecule has 15 heavy (non-hydrogen) atoms. The molecule has 0 saturated carbocycles. The van der Waals surface area contributed by atoms with Crippen molar-refractivity contribution in [1.82, 2.24) is 9.71 Å². The first-order valence-electron chi connectivity index (χ1n) is 4.16. The summed E-state index contributed by atoms with van der Waals surface area (Å²) < 4.78 is 25.7. The molecule has 5 nitrogen and oxygen atoms in total. The number of terminal acetylenes is 1. The second kappa shape index (κ2) is 4.29. The van der Waals surface area contributed by atoms with Gasteiger partial charge < -0.3 is 5.73 Å². The number of anilines is 1. The van der Waals surface area contributed by atoms with Crippen molar-refractivity contribution in [2.45, 2.75) is 17.9 Å². The van der Waals surface area contributed by atoms with Crippen molar-refractivity contribution >= 4 is 15.8 Å². The van der Waals surface area contributed by atoms with Gasteiger partial charge in [0, 0.05) is 6.20 Å². The SMILES string of the molecule is C#CC(C)NS(=O)(=O)c1cccnc1N. The highest BCUT2D eigenvalue weighted by Gasteiger charge is 2.19. The van der Waals surface area contributed by atoms with Crippen LogP contribution >= 0.6 is 0 Å². The number of rotatable bonds is 3. The third-order valence-corrected chi connectivity index (χ3v) is 3.26. The van der Waals surface area contributed by atoms with Crippen LogP contribution in [0.2, 0.25) is 0 Å². The molecule has 3 N–H and O–H groups in total. The average Bonchev–Trinajstić information content (AvgIpc) is 2.17. The lowest BCUT2D eigenvalue weighted by Gasteiger charge is -2.09. The van der Waals surface area contributed by atoms with E-state index in [0.717, 1.165) is 0 Å². The van der Waals surface area contributed by atoms with E-state index < -0.39 is 16.1 Å². The van der Waals surface area contributed by atoms with Crippen molar-refractivity contribution in [2.24, 2.45) is 0 Å². The number of nitrogens with zero attached hydrogens (tertiary/aromatic N) is 1. The van der Waals surface area contributed by atoms with E-state index in [2.05, 4.69) is 15.6 Å². The van der Waals surface area contributed by atoms with Crippen molar-refractivity contribution < 1.29 is 8.42 Å². The van der Waals surface area contributed by atoms with E-state index in [1.807, 2.05) is 0 Å². The topological polar surface area (TPSA) is 85.1 Å². The van der Waals surface area contributed by atoms with Crippen molar-refractivity contribution in [3.05, 3.63) is 18.3 Å². The number of hydrogen-bond donors (Lipinski definition) is 2. The Hall–Kier alpha value is -1.58. The summed E-state index contributed by atoms with van der Waals surface area (Å²) in [5.41, 5.74) is 5.44. The highest BCUT2D eigenvalue weighted by molar-refractivity contribution is 7.89. The monoisotopic (exact) mass is 225 g/mol. The van der Waals surface area contributed by atoms with Crippen LogP contribution in [-0.4, -0.2) is 19.4 Å². The van der Waals surface area contributed by atoms with Crippen LogP contribution in [0, 0.1) is 12.3 Å². The summed E-state index contributed by atoms with van der Waals surface area (Å²) in [6.45, 7) is 1.56. The standard InChI is InChI=1S/C9H11N3O2S/c1-3-7(2)12-15(13,14)8-5-4-6-11-9(8)10/h1,4-7,12H,2H3,(H2,10,11). The molecular weight excluding hydrogens is 214 g/mol. The molecule has 0 fully saturated rings. The summed E-state index contributed by atoms with van der Waals surface area (Å²) in [6, 6.07) is 2.27. The Labute approximate surface area is 88.8 Å². The number of nitrogens with one attached hydrogen (secondary N) is 1. The lowest BCUT2D eigenvalue weighted by Crippen LogP contribution is -2.32. The zero-order valence-corrected chi connectivity index (χ0v) is 8.95. The van der Waals surface area contributed by atoms with E-state index in [1.54, 1.807) is 6.92 Å². The summed E-state index contributed by atoms with van der Waals surface area (Å²) in [5.74, 6) is 2.21. The number of nitrogens with two attached hydrogens (primary N) is 1. The summed E-state index contributed by atoms with van der Waals surface area (Å²) in [6.07, 6.45) is 6.49. The molecule has 0 bridgehead atoms. The smallest absolute Gasteiger partial charge is 0.245 e. The Morgan fingerprint density at radius 1 is 1.67 bits per heavy atom. The minimum Gasteiger partial charge on any atom is -0.383 e. The van der Waals surface area contributed by atoms with Crippen LogP contribution in [0.1, 0.15) is 6.92 Å². The molecule has 80 valence electrons. The van der Waals surface area contributed by atoms with Gasteiger partial charge in [-0.25, -0.2) is 13.4 Å². The van der Waals surface area contributed by atoms with E-state index >= 15 is 0 Å². The molecule has 1 heterocycles. The average molecular weight is 225 g/mol. The molecule has 1 unspecified atom stereocenters. The van der Waals surface area contributed by atoms with Crippen LogP contribution < -0.4 is 10.5 Å². The van der Waals surface area contributed by atoms with Gasteiger partial charge in [0.1, 0.15) is 10.7 Å². The van der Waals surface area contributed by atoms with Crippen LogP contribution in [0.4, 0.5) is 5.82 Å². The second-order valence-electron chi connectivity index (χ2n) is 2.90. The molecule has 0 aromatic carbocycles. The fraction of sp³-hybridized carbons (Fsp3) is 0.222. The zero-order valence-electron chi connectivity index (χ0n) is 8.14. The lowest BCUT2D eigenvalue weighted by atomic mass is 10.4. The fourth-order valence-corrected chi connectivity index (χ4v) is 2.21. The third kappa shape index (κ3) is 2.68. The number of aromatic nitrogens is 1. The first-order valence-corrected chi connectivity index (χ1v) is 5.64. The van der Waals surface area contributed by atoms with Gasteiger partial charge >= 0.3 is 0 Å². The number of hydrogen-bond acceptors (Lipinski definition) is 4. The normalized spacial score (nSPS) is 13.1. The molecule has 1 aromatic heterocycles. The van der Waals surface area contributed by atoms with Crippen LogP contribution in [0.3, 0.4) is 0 Å². The third-order valence-electron chi connectivity index (χ3n) is 1.67. The molecular formula is C9H11N3O2S. The number of sulfonamides is 1. The first kappa shape index (κ1) is 11.5. The predicted molar refractivity (Wildman–Crippen MR) is 57.3 cm³/mol. The summed E-state index contributed by atoms with van der Waals surface area (Å²) >= 11 is 0. The summed E-state index contributed by atoms with van der Waals surface area (Å²) in [5, 5.41) is 0. The molecule has 0 aliphatic heterocycles. The van der Waals surface area contributed by atoms with Crippen molar-refractivity contribution in [2.75, 3.05) is 5.73 Å². The van der Waals surface area contributed by atoms with Crippen LogP contribution in [0.25, 0.3) is 0 Å². The van der Waals surface area contributed by atoms with E-state index in [4.69, 9.17) is 12.2 Å². The van der Waals surface area contributed by atoms with E-state index in [0.29, 0.717) is 0 Å². The van der Waals surface area contributed by atoms with Crippen LogP contribution in [0.5, 0.6) is 0 Å². The van der Waals surface area contributed by atoms with E-state index in [-0.39, 0.29) is 10.7 Å². The minimum atomic E-state index is -3.68. The highest BCUT2D eigenvalue weighted by atomic mass is 32.2. The van der Waals surface area contributed by atoms with Crippen molar-refractivity contribution in [3.8, 4) is 12.3 Å². The fourth-order valence-electron chi connectivity index (χ4n) is 0.960. The number of nitrogen functional groups attached to an aromatic ring is 1. The highest BCUT2D eigenvalue weighted by Crippen LogP contribution is 2.14. The van der Waals surface area contributed by atoms with Crippen molar-refractivity contribution in [3.63, 3.8) is 0 Å². The lowest BCUT2D eigenvalue weighted by molar-refractivity contribution is 0.578. The molecule has 1 rings (SSSR count). The number of pyridine rings is 1. The molecule has 1 atom stereocenters. The van der Waals surface area contributed by atoms with Gasteiger partial charge in [0.05, 0.1) is 6.04 Å². The van der Waals surface area contributed by atoms with Crippen LogP contribution in [0.15, 0.2) is 23.2 Å². The van der Waals surface area contributed by atoms with Gasteiger partial charge in [-0.1, -0.05) is 5.92 Å². The molecule has 0 radical (unpaired) electrons. The Balaban J connectivity index is 3.09. The Kier molecular flexibility index (Phi) is 3.29. The van der Waals surface area contributed by atoms with Gasteiger partial charge in [-0.3, -0.25) is 0 Å². The largest absolute Gasteiger partial charge is 0.383 e. The minimum absolute atomic E-state index is 0.0470. The van der Waals surface area contributed by atoms with Gasteiger partial charge in [-0.05, 0) is 19.1 Å². The Morgan fingerprint density at radius 3 is 2.87 bits per heavy atom. The molecule has 1 aromatic rings. The van der Waals surface area contributed by atoms with Gasteiger partial charge in [-0.2, -0.15) is 4.72 Å². The van der Waals surface area contributed by atoms with E-state index in [1.165, 1.54) is 18.3 Å². The van der Waals surface area contributed by atoms with Gasteiger partial charge in [0.15, 0.2) is 0 Å². The molecule has 0 amide bonds. The predicted octanol–water partition coefficient (Wildman–Crippen LogP) is -0.0362. The van der Waals surface area contributed by atoms with Gasteiger partial charge in [-0.15, -0.1) is 6.42 Å². The maximum absolute atomic E-state index is 11.7. The summed E-state index contributed by atoms with van der Waals surface area (Å²) in [7, 11) is -3.68. The first-order chi connectivity index (χ1) is 6.97. The zero-order chi connectivity index (χ0) is 11.5. The molecule has 0 saturated heterocycles. The van der Waals surface area contributed by atoms with Gasteiger partial charge in [0.25, 0.3) is 0 Å². The quantitative estimate of drug-likeness (QED) is 0.707. The Morgan fingerprint density at radius 2 is 2.33 bits per heavy atom. The maximum Gasteiger partial charge on any atom is 0.245 e. The molecule has 0 aliphatic carbocycles. The summed E-state index contributed by atoms with van der Waals surface area (Å²) in [4.78, 5) is 3.62. The molecule has 6 heteroatoms. The maximum atomic E-state index is 11.7. The second-order valence-corrected chi connectivity index (χ2v) is 4.58. The molecule has 0 spiro atoms. The van der Waals surface area contributed by atoms with E-state index in [9.17, 15) is 8.42 Å². The van der Waals surface area contributed by atoms with Crippen LogP contribution in [-0.2, 0) is 10.0 Å². The Bertz CT molecular complexity index is 490. The molecule has 0 aliphatic rings. The van der Waals surface area contributed by atoms with Crippen molar-refractivity contribution in [1.29, 1.82) is 0 Å². The van der Waals surface area contributed by atoms with Gasteiger partial charge in [0.2, 0.25) is 10.0 Å².